The first-order valence-corrected chi connectivity index (χ1v) is 8.68. The summed E-state index contributed by atoms with van der Waals surface area (Å²) in [5.74, 6) is 0.0320. The van der Waals surface area contributed by atoms with E-state index in [0.29, 0.717) is 30.2 Å². The zero-order valence-corrected chi connectivity index (χ0v) is 15.3. The highest BCUT2D eigenvalue weighted by Crippen LogP contribution is 2.20. The number of thioether (sulfide) groups is 1. The van der Waals surface area contributed by atoms with Gasteiger partial charge in [-0.05, 0) is 39.3 Å². The maximum absolute atomic E-state index is 12.1. The first-order chi connectivity index (χ1) is 10.7. The first kappa shape index (κ1) is 19.5. The average Bonchev–Trinajstić information content (AvgIpc) is 2.41. The third-order valence-corrected chi connectivity index (χ3v) is 3.62. The molecule has 5 nitrogen and oxygen atoms in total. The Kier molecular flexibility index (Phi) is 7.55. The van der Waals surface area contributed by atoms with Gasteiger partial charge in [-0.1, -0.05) is 13.8 Å². The van der Waals surface area contributed by atoms with Crippen LogP contribution in [0.3, 0.4) is 0 Å². The van der Waals surface area contributed by atoms with E-state index in [1.54, 1.807) is 24.0 Å². The highest BCUT2D eigenvalue weighted by atomic mass is 32.2. The van der Waals surface area contributed by atoms with Crippen molar-refractivity contribution < 1.29 is 14.3 Å². The standard InChI is InChI=1S/C17H26N2O3S/c1-12(2)23-15-9-8-13(11-19-15)14(20)7-6-10-18-16(21)22-17(3,4)5/h8-9,11-12H,6-7,10H2,1-5H3,(H,18,21). The topological polar surface area (TPSA) is 68.3 Å². The van der Waals surface area contributed by atoms with Crippen LogP contribution in [0.15, 0.2) is 23.4 Å². The van der Waals surface area contributed by atoms with Crippen LogP contribution in [-0.2, 0) is 4.74 Å². The Balaban J connectivity index is 2.32. The SMILES string of the molecule is CC(C)Sc1ccc(C(=O)CCCNC(=O)OC(C)(C)C)cn1. The summed E-state index contributed by atoms with van der Waals surface area (Å²) in [5.41, 5.74) is 0.0942. The molecule has 6 heteroatoms. The van der Waals surface area contributed by atoms with E-state index in [9.17, 15) is 9.59 Å². The molecule has 0 unspecified atom stereocenters. The molecule has 128 valence electrons. The Bertz CT molecular complexity index is 522. The third-order valence-electron chi connectivity index (χ3n) is 2.66. The van der Waals surface area contributed by atoms with Gasteiger partial charge in [0, 0.05) is 30.0 Å². The van der Waals surface area contributed by atoms with Gasteiger partial charge in [0.25, 0.3) is 0 Å². The molecule has 1 amide bonds. The van der Waals surface area contributed by atoms with Crippen molar-refractivity contribution in [3.05, 3.63) is 23.9 Å². The summed E-state index contributed by atoms with van der Waals surface area (Å²) < 4.78 is 5.13. The summed E-state index contributed by atoms with van der Waals surface area (Å²) in [6, 6.07) is 3.68. The molecule has 0 spiro atoms. The summed E-state index contributed by atoms with van der Waals surface area (Å²) >= 11 is 1.66. The molecule has 0 atom stereocenters. The molecule has 1 rings (SSSR count). The Morgan fingerprint density at radius 2 is 2.00 bits per heavy atom. The lowest BCUT2D eigenvalue weighted by Gasteiger charge is -2.19. The Morgan fingerprint density at radius 3 is 2.52 bits per heavy atom. The van der Waals surface area contributed by atoms with Gasteiger partial charge in [-0.2, -0.15) is 0 Å². The molecule has 23 heavy (non-hydrogen) atoms. The maximum atomic E-state index is 12.1. The van der Waals surface area contributed by atoms with Gasteiger partial charge < -0.3 is 10.1 Å². The fraction of sp³-hybridized carbons (Fsp3) is 0.588. The van der Waals surface area contributed by atoms with Crippen LogP contribution in [0.5, 0.6) is 0 Å². The molecule has 1 N–H and O–H groups in total. The minimum absolute atomic E-state index is 0.0320. The van der Waals surface area contributed by atoms with Crippen LogP contribution in [0.4, 0.5) is 4.79 Å². The predicted octanol–water partition coefficient (Wildman–Crippen LogP) is 4.07. The van der Waals surface area contributed by atoms with Crippen LogP contribution in [0.2, 0.25) is 0 Å². The second kappa shape index (κ2) is 8.91. The van der Waals surface area contributed by atoms with Crippen molar-refractivity contribution in [2.75, 3.05) is 6.54 Å². The van der Waals surface area contributed by atoms with Crippen LogP contribution in [-0.4, -0.2) is 34.3 Å². The first-order valence-electron chi connectivity index (χ1n) is 7.80. The van der Waals surface area contributed by atoms with Crippen molar-refractivity contribution >= 4 is 23.6 Å². The molecule has 1 aromatic rings. The van der Waals surface area contributed by atoms with Gasteiger partial charge in [0.05, 0.1) is 5.03 Å². The number of hydrogen-bond donors (Lipinski definition) is 1. The van der Waals surface area contributed by atoms with E-state index in [1.165, 1.54) is 0 Å². The number of ketones is 1. The third kappa shape index (κ3) is 8.59. The normalized spacial score (nSPS) is 11.4. The molecule has 0 fully saturated rings. The van der Waals surface area contributed by atoms with E-state index in [0.717, 1.165) is 5.03 Å². The number of nitrogens with zero attached hydrogens (tertiary/aromatic N) is 1. The van der Waals surface area contributed by atoms with Crippen molar-refractivity contribution in [1.82, 2.24) is 10.3 Å². The second-order valence-corrected chi connectivity index (χ2v) is 8.10. The van der Waals surface area contributed by atoms with E-state index < -0.39 is 11.7 Å². The zero-order valence-electron chi connectivity index (χ0n) is 14.5. The van der Waals surface area contributed by atoms with E-state index in [-0.39, 0.29) is 5.78 Å². The summed E-state index contributed by atoms with van der Waals surface area (Å²) in [6.07, 6.45) is 2.10. The highest BCUT2D eigenvalue weighted by molar-refractivity contribution is 7.99. The molecule has 0 bridgehead atoms. The lowest BCUT2D eigenvalue weighted by Crippen LogP contribution is -2.33. The number of carbonyl (C=O) groups is 2. The number of carbonyl (C=O) groups excluding carboxylic acids is 2. The largest absolute Gasteiger partial charge is 0.444 e. The maximum Gasteiger partial charge on any atom is 0.407 e. The van der Waals surface area contributed by atoms with Gasteiger partial charge in [0.2, 0.25) is 0 Å². The molecule has 1 aromatic heterocycles. The van der Waals surface area contributed by atoms with Crippen molar-refractivity contribution in [2.45, 2.75) is 63.3 Å². The summed E-state index contributed by atoms with van der Waals surface area (Å²) in [6.45, 7) is 10.0. The number of rotatable bonds is 7. The molecule has 0 aliphatic carbocycles. The zero-order chi connectivity index (χ0) is 17.5. The minimum Gasteiger partial charge on any atom is -0.444 e. The monoisotopic (exact) mass is 338 g/mol. The summed E-state index contributed by atoms with van der Waals surface area (Å²) in [7, 11) is 0. The van der Waals surface area contributed by atoms with Crippen molar-refractivity contribution in [3.63, 3.8) is 0 Å². The predicted molar refractivity (Wildman–Crippen MR) is 93.0 cm³/mol. The fourth-order valence-corrected chi connectivity index (χ4v) is 2.50. The van der Waals surface area contributed by atoms with E-state index in [2.05, 4.69) is 24.1 Å². The number of Topliss-reactive ketones (excluding diaryl/α,β-unsaturated/α-hetero) is 1. The van der Waals surface area contributed by atoms with Crippen molar-refractivity contribution in [2.24, 2.45) is 0 Å². The van der Waals surface area contributed by atoms with Gasteiger partial charge in [0.15, 0.2) is 5.78 Å². The van der Waals surface area contributed by atoms with E-state index in [4.69, 9.17) is 4.74 Å². The average molecular weight is 338 g/mol. The summed E-state index contributed by atoms with van der Waals surface area (Å²) in [4.78, 5) is 27.8. The molecule has 0 saturated carbocycles. The molecule has 0 aliphatic rings. The van der Waals surface area contributed by atoms with E-state index in [1.807, 2.05) is 26.8 Å². The number of aromatic nitrogens is 1. The molecule has 1 heterocycles. The number of nitrogens with one attached hydrogen (secondary N) is 1. The van der Waals surface area contributed by atoms with Crippen LogP contribution in [0.25, 0.3) is 0 Å². The number of pyridine rings is 1. The quantitative estimate of drug-likeness (QED) is 0.461. The smallest absolute Gasteiger partial charge is 0.407 e. The van der Waals surface area contributed by atoms with Gasteiger partial charge in [-0.25, -0.2) is 9.78 Å². The molecule has 0 radical (unpaired) electrons. The summed E-state index contributed by atoms with van der Waals surface area (Å²) in [5, 5.41) is 4.03. The molecule has 0 aliphatic heterocycles. The van der Waals surface area contributed by atoms with Gasteiger partial charge in [-0.3, -0.25) is 4.79 Å². The lowest BCUT2D eigenvalue weighted by molar-refractivity contribution is 0.0525. The van der Waals surface area contributed by atoms with Gasteiger partial charge >= 0.3 is 6.09 Å². The number of alkyl carbamates (subject to hydrolysis) is 1. The number of hydrogen-bond acceptors (Lipinski definition) is 5. The molecular weight excluding hydrogens is 312 g/mol. The van der Waals surface area contributed by atoms with Crippen LogP contribution in [0.1, 0.15) is 57.8 Å². The molecule has 0 saturated heterocycles. The Morgan fingerprint density at radius 1 is 1.30 bits per heavy atom. The Labute approximate surface area is 142 Å². The van der Waals surface area contributed by atoms with Gasteiger partial charge in [0.1, 0.15) is 5.60 Å². The molecule has 0 aromatic carbocycles. The number of amides is 1. The second-order valence-electron chi connectivity index (χ2n) is 6.51. The van der Waals surface area contributed by atoms with Crippen LogP contribution in [0, 0.1) is 0 Å². The Hall–Kier alpha value is -1.56. The van der Waals surface area contributed by atoms with Gasteiger partial charge in [-0.15, -0.1) is 11.8 Å². The van der Waals surface area contributed by atoms with Crippen molar-refractivity contribution in [1.29, 1.82) is 0 Å². The fourth-order valence-electron chi connectivity index (χ4n) is 1.75. The van der Waals surface area contributed by atoms with Crippen LogP contribution < -0.4 is 5.32 Å². The molecular formula is C17H26N2O3S. The van der Waals surface area contributed by atoms with Crippen LogP contribution >= 0.6 is 11.8 Å². The number of ether oxygens (including phenoxy) is 1. The minimum atomic E-state index is -0.513. The highest BCUT2D eigenvalue weighted by Gasteiger charge is 2.15. The van der Waals surface area contributed by atoms with Crippen molar-refractivity contribution in [3.8, 4) is 0 Å². The van der Waals surface area contributed by atoms with E-state index >= 15 is 0 Å². The lowest BCUT2D eigenvalue weighted by atomic mass is 10.1.